The zero-order valence-corrected chi connectivity index (χ0v) is 13.1. The molecule has 2 heterocycles. The van der Waals surface area contributed by atoms with Gasteiger partial charge in [-0.15, -0.1) is 10.2 Å². The molecule has 6 heteroatoms. The summed E-state index contributed by atoms with van der Waals surface area (Å²) in [6.45, 7) is 5.22. The van der Waals surface area contributed by atoms with Crippen molar-refractivity contribution in [2.24, 2.45) is 5.92 Å². The van der Waals surface area contributed by atoms with E-state index in [9.17, 15) is 4.79 Å². The quantitative estimate of drug-likeness (QED) is 0.792. The number of hydrogen-bond acceptors (Lipinski definition) is 5. The van der Waals surface area contributed by atoms with Crippen molar-refractivity contribution in [3.63, 3.8) is 0 Å². The molecule has 0 aromatic carbocycles. The number of amides is 1. The highest BCUT2D eigenvalue weighted by Crippen LogP contribution is 2.21. The molecule has 1 aliphatic rings. The van der Waals surface area contributed by atoms with Crippen molar-refractivity contribution in [3.05, 3.63) is 5.01 Å². The molecule has 1 aliphatic heterocycles. The molecular formula is C14H24N4OS. The fourth-order valence-corrected chi connectivity index (χ4v) is 3.29. The predicted octanol–water partition coefficient (Wildman–Crippen LogP) is 2.60. The Bertz CT molecular complexity index is 435. The van der Waals surface area contributed by atoms with Gasteiger partial charge >= 0.3 is 0 Å². The molecule has 5 nitrogen and oxygen atoms in total. The maximum atomic E-state index is 12.2. The molecule has 0 radical (unpaired) electrons. The van der Waals surface area contributed by atoms with Gasteiger partial charge in [0, 0.05) is 18.4 Å². The van der Waals surface area contributed by atoms with Crippen LogP contribution in [0.2, 0.25) is 0 Å². The van der Waals surface area contributed by atoms with Crippen molar-refractivity contribution in [1.82, 2.24) is 15.5 Å². The fourth-order valence-electron chi connectivity index (χ4n) is 2.51. The van der Waals surface area contributed by atoms with E-state index in [1.807, 2.05) is 0 Å². The second-order valence-electron chi connectivity index (χ2n) is 5.52. The van der Waals surface area contributed by atoms with Gasteiger partial charge in [-0.2, -0.15) is 0 Å². The topological polar surface area (TPSA) is 66.9 Å². The van der Waals surface area contributed by atoms with E-state index in [0.29, 0.717) is 11.2 Å². The molecule has 2 atom stereocenters. The van der Waals surface area contributed by atoms with Crippen molar-refractivity contribution in [3.8, 4) is 0 Å². The first-order chi connectivity index (χ1) is 9.69. The van der Waals surface area contributed by atoms with E-state index in [1.54, 1.807) is 0 Å². The van der Waals surface area contributed by atoms with Crippen LogP contribution in [0.5, 0.6) is 0 Å². The Labute approximate surface area is 124 Å². The zero-order valence-electron chi connectivity index (χ0n) is 12.3. The maximum absolute atomic E-state index is 12.2. The lowest BCUT2D eigenvalue weighted by molar-refractivity contribution is -0.120. The summed E-state index contributed by atoms with van der Waals surface area (Å²) in [4.78, 5) is 12.2. The normalized spacial score (nSPS) is 22.7. The van der Waals surface area contributed by atoms with E-state index in [0.717, 1.165) is 37.2 Å². The van der Waals surface area contributed by atoms with Crippen molar-refractivity contribution in [2.75, 3.05) is 11.9 Å². The minimum atomic E-state index is 0.0922. The van der Waals surface area contributed by atoms with Gasteiger partial charge < -0.3 is 10.6 Å². The van der Waals surface area contributed by atoms with Crippen LogP contribution in [0.25, 0.3) is 0 Å². The number of piperidine rings is 1. The number of carbonyl (C=O) groups excluding carboxylic acids is 1. The number of rotatable bonds is 6. The molecule has 1 fully saturated rings. The molecule has 0 saturated carbocycles. The molecule has 20 heavy (non-hydrogen) atoms. The van der Waals surface area contributed by atoms with Crippen LogP contribution in [0.1, 0.15) is 51.0 Å². The summed E-state index contributed by atoms with van der Waals surface area (Å²) < 4.78 is 0. The van der Waals surface area contributed by atoms with Crippen molar-refractivity contribution in [1.29, 1.82) is 0 Å². The SMILES string of the molecule is CCCCCc1nnc(NC(=O)[C@H]2CCN[C@@H](C)C2)s1. The summed E-state index contributed by atoms with van der Waals surface area (Å²) in [5.74, 6) is 0.188. The Kier molecular flexibility index (Phi) is 5.91. The summed E-state index contributed by atoms with van der Waals surface area (Å²) in [7, 11) is 0. The first kappa shape index (κ1) is 15.4. The van der Waals surface area contributed by atoms with Gasteiger partial charge in [-0.1, -0.05) is 31.1 Å². The van der Waals surface area contributed by atoms with E-state index in [2.05, 4.69) is 34.7 Å². The van der Waals surface area contributed by atoms with Gasteiger partial charge in [0.1, 0.15) is 5.01 Å². The van der Waals surface area contributed by atoms with E-state index >= 15 is 0 Å². The van der Waals surface area contributed by atoms with Crippen LogP contribution in [-0.2, 0) is 11.2 Å². The molecule has 1 aromatic heterocycles. The molecular weight excluding hydrogens is 272 g/mol. The van der Waals surface area contributed by atoms with Gasteiger partial charge in [0.05, 0.1) is 0 Å². The zero-order chi connectivity index (χ0) is 14.4. The molecule has 112 valence electrons. The molecule has 1 saturated heterocycles. The summed E-state index contributed by atoms with van der Waals surface area (Å²) in [5, 5.41) is 16.2. The van der Waals surface area contributed by atoms with Crippen LogP contribution in [0.3, 0.4) is 0 Å². The van der Waals surface area contributed by atoms with Crippen molar-refractivity contribution < 1.29 is 4.79 Å². The van der Waals surface area contributed by atoms with E-state index in [-0.39, 0.29) is 11.8 Å². The third-order valence-corrected chi connectivity index (χ3v) is 4.58. The Balaban J connectivity index is 1.81. The fraction of sp³-hybridized carbons (Fsp3) is 0.786. The highest BCUT2D eigenvalue weighted by atomic mass is 32.1. The first-order valence-electron chi connectivity index (χ1n) is 7.55. The van der Waals surface area contributed by atoms with Crippen LogP contribution < -0.4 is 10.6 Å². The number of carbonyl (C=O) groups is 1. The lowest BCUT2D eigenvalue weighted by Gasteiger charge is -2.26. The van der Waals surface area contributed by atoms with Crippen molar-refractivity contribution >= 4 is 22.4 Å². The molecule has 1 aromatic rings. The average molecular weight is 296 g/mol. The Morgan fingerprint density at radius 2 is 2.30 bits per heavy atom. The van der Waals surface area contributed by atoms with Gasteiger partial charge in [0.25, 0.3) is 0 Å². The summed E-state index contributed by atoms with van der Waals surface area (Å²) in [6.07, 6.45) is 6.33. The minimum Gasteiger partial charge on any atom is -0.314 e. The summed E-state index contributed by atoms with van der Waals surface area (Å²) >= 11 is 1.51. The lowest BCUT2D eigenvalue weighted by atomic mass is 9.93. The van der Waals surface area contributed by atoms with Crippen LogP contribution in [0, 0.1) is 5.92 Å². The number of hydrogen-bond donors (Lipinski definition) is 2. The second-order valence-corrected chi connectivity index (χ2v) is 6.59. The van der Waals surface area contributed by atoms with Gasteiger partial charge in [-0.05, 0) is 32.7 Å². The van der Waals surface area contributed by atoms with E-state index in [1.165, 1.54) is 24.2 Å². The van der Waals surface area contributed by atoms with Crippen LogP contribution in [0.15, 0.2) is 0 Å². The largest absolute Gasteiger partial charge is 0.314 e. The maximum Gasteiger partial charge on any atom is 0.229 e. The Hall–Kier alpha value is -1.01. The molecule has 2 rings (SSSR count). The highest BCUT2D eigenvalue weighted by Gasteiger charge is 2.25. The van der Waals surface area contributed by atoms with Gasteiger partial charge in [0.15, 0.2) is 0 Å². The first-order valence-corrected chi connectivity index (χ1v) is 8.37. The molecule has 0 unspecified atom stereocenters. The third kappa shape index (κ3) is 4.52. The molecule has 2 N–H and O–H groups in total. The van der Waals surface area contributed by atoms with Crippen LogP contribution in [-0.4, -0.2) is 28.7 Å². The Morgan fingerprint density at radius 1 is 1.45 bits per heavy atom. The monoisotopic (exact) mass is 296 g/mol. The highest BCUT2D eigenvalue weighted by molar-refractivity contribution is 7.15. The van der Waals surface area contributed by atoms with Gasteiger partial charge in [-0.25, -0.2) is 0 Å². The molecule has 0 aliphatic carbocycles. The lowest BCUT2D eigenvalue weighted by Crippen LogP contribution is -2.40. The Morgan fingerprint density at radius 3 is 3.05 bits per heavy atom. The van der Waals surface area contributed by atoms with E-state index < -0.39 is 0 Å². The molecule has 0 spiro atoms. The number of anilines is 1. The van der Waals surface area contributed by atoms with Gasteiger partial charge in [0.2, 0.25) is 11.0 Å². The third-order valence-electron chi connectivity index (χ3n) is 3.69. The smallest absolute Gasteiger partial charge is 0.229 e. The number of aromatic nitrogens is 2. The van der Waals surface area contributed by atoms with Crippen LogP contribution in [0.4, 0.5) is 5.13 Å². The second kappa shape index (κ2) is 7.69. The minimum absolute atomic E-state index is 0.0922. The number of nitrogens with zero attached hydrogens (tertiary/aromatic N) is 2. The van der Waals surface area contributed by atoms with Crippen molar-refractivity contribution in [2.45, 2.75) is 58.4 Å². The van der Waals surface area contributed by atoms with E-state index in [4.69, 9.17) is 0 Å². The number of unbranched alkanes of at least 4 members (excludes halogenated alkanes) is 2. The van der Waals surface area contributed by atoms with Crippen LogP contribution >= 0.6 is 11.3 Å². The predicted molar refractivity (Wildman–Crippen MR) is 82.0 cm³/mol. The standard InChI is InChI=1S/C14H24N4OS/c1-3-4-5-6-12-17-18-14(20-12)16-13(19)11-7-8-15-10(2)9-11/h10-11,15H,3-9H2,1-2H3,(H,16,18,19)/t10-,11-/m0/s1. The summed E-state index contributed by atoms with van der Waals surface area (Å²) in [6, 6.07) is 0.415. The summed E-state index contributed by atoms with van der Waals surface area (Å²) in [5.41, 5.74) is 0. The number of nitrogens with one attached hydrogen (secondary N) is 2. The number of aryl methyl sites for hydroxylation is 1. The average Bonchev–Trinajstić information content (AvgIpc) is 2.86. The van der Waals surface area contributed by atoms with Gasteiger partial charge in [-0.3, -0.25) is 4.79 Å². The molecule has 0 bridgehead atoms. The molecule has 1 amide bonds.